The van der Waals surface area contributed by atoms with Crippen LogP contribution in [-0.4, -0.2) is 0 Å². The molecule has 1 heteroatoms. The fourth-order valence-corrected chi connectivity index (χ4v) is 6.37. The predicted octanol–water partition coefficient (Wildman–Crippen LogP) is 12.5. The summed E-state index contributed by atoms with van der Waals surface area (Å²) < 4.78 is 0. The number of benzene rings is 8. The van der Waals surface area contributed by atoms with Gasteiger partial charge in [0, 0.05) is 16.8 Å². The van der Waals surface area contributed by atoms with E-state index in [0.717, 1.165) is 11.4 Å². The van der Waals surface area contributed by atoms with Gasteiger partial charge < -0.3 is 4.90 Å². The largest absolute Gasteiger partial charge is 0.310 e. The van der Waals surface area contributed by atoms with Gasteiger partial charge in [-0.3, -0.25) is 0 Å². The summed E-state index contributed by atoms with van der Waals surface area (Å²) in [4.78, 5) is 2.38. The monoisotopic (exact) mass is 573 g/mol. The van der Waals surface area contributed by atoms with Crippen LogP contribution in [0, 0.1) is 0 Å². The summed E-state index contributed by atoms with van der Waals surface area (Å²) in [5.41, 5.74) is 10.7. The minimum absolute atomic E-state index is 1.13. The van der Waals surface area contributed by atoms with Crippen molar-refractivity contribution in [3.63, 3.8) is 0 Å². The maximum atomic E-state index is 2.38. The summed E-state index contributed by atoms with van der Waals surface area (Å²) in [6.07, 6.45) is 0. The molecule has 1 nitrogen and oxygen atoms in total. The molecule has 0 bridgehead atoms. The van der Waals surface area contributed by atoms with Crippen LogP contribution >= 0.6 is 0 Å². The highest BCUT2D eigenvalue weighted by Gasteiger charge is 2.17. The molecule has 0 aromatic heterocycles. The van der Waals surface area contributed by atoms with Crippen LogP contribution in [0.2, 0.25) is 0 Å². The van der Waals surface area contributed by atoms with Gasteiger partial charge in [0.1, 0.15) is 0 Å². The Balaban J connectivity index is 1.13. The number of nitrogens with zero attached hydrogens (tertiary/aromatic N) is 1. The summed E-state index contributed by atoms with van der Waals surface area (Å²) in [6.45, 7) is 0. The fraction of sp³-hybridized carbons (Fsp3) is 0. The molecule has 0 amide bonds. The smallest absolute Gasteiger partial charge is 0.0546 e. The minimum Gasteiger partial charge on any atom is -0.310 e. The van der Waals surface area contributed by atoms with Crippen molar-refractivity contribution < 1.29 is 0 Å². The molecule has 212 valence electrons. The number of fused-ring (bicyclic) bond motifs is 3. The Morgan fingerprint density at radius 1 is 0.267 bits per heavy atom. The van der Waals surface area contributed by atoms with E-state index >= 15 is 0 Å². The average Bonchev–Trinajstić information content (AvgIpc) is 3.13. The number of anilines is 3. The molecule has 8 aromatic carbocycles. The molecule has 0 unspecified atom stereocenters. The normalized spacial score (nSPS) is 11.1. The molecule has 0 saturated carbocycles. The van der Waals surface area contributed by atoms with E-state index in [-0.39, 0.29) is 0 Å². The lowest BCUT2D eigenvalue weighted by atomic mass is 9.97. The van der Waals surface area contributed by atoms with Crippen molar-refractivity contribution in [3.05, 3.63) is 188 Å². The molecule has 0 radical (unpaired) electrons. The lowest BCUT2D eigenvalue weighted by Crippen LogP contribution is -2.10. The molecular weight excluding hydrogens is 542 g/mol. The second kappa shape index (κ2) is 11.6. The van der Waals surface area contributed by atoms with E-state index in [1.165, 1.54) is 60.6 Å². The van der Waals surface area contributed by atoms with Crippen molar-refractivity contribution in [2.75, 3.05) is 4.90 Å². The Bertz CT molecular complexity index is 2220. The first-order valence-corrected chi connectivity index (χ1v) is 15.4. The summed E-state index contributed by atoms with van der Waals surface area (Å²) in [6, 6.07) is 67.6. The van der Waals surface area contributed by atoms with Gasteiger partial charge in [0.2, 0.25) is 0 Å². The van der Waals surface area contributed by atoms with Crippen LogP contribution in [0.1, 0.15) is 0 Å². The summed E-state index contributed by atoms with van der Waals surface area (Å²) in [7, 11) is 0. The van der Waals surface area contributed by atoms with Crippen LogP contribution in [0.25, 0.3) is 54.9 Å². The molecule has 0 fully saturated rings. The van der Waals surface area contributed by atoms with Crippen LogP contribution in [0.5, 0.6) is 0 Å². The maximum absolute atomic E-state index is 2.38. The Morgan fingerprint density at radius 3 is 1.20 bits per heavy atom. The lowest BCUT2D eigenvalue weighted by Gasteiger charge is -2.27. The second-order valence-electron chi connectivity index (χ2n) is 11.4. The van der Waals surface area contributed by atoms with Crippen LogP contribution < -0.4 is 4.90 Å². The van der Waals surface area contributed by atoms with Crippen molar-refractivity contribution >= 4 is 38.6 Å². The minimum atomic E-state index is 1.13. The highest BCUT2D eigenvalue weighted by Crippen LogP contribution is 2.42. The quantitative estimate of drug-likeness (QED) is 0.179. The van der Waals surface area contributed by atoms with Gasteiger partial charge in [0.25, 0.3) is 0 Å². The summed E-state index contributed by atoms with van der Waals surface area (Å²) in [5.74, 6) is 0. The first kappa shape index (κ1) is 26.7. The van der Waals surface area contributed by atoms with Gasteiger partial charge >= 0.3 is 0 Å². The Morgan fingerprint density at radius 2 is 0.644 bits per heavy atom. The van der Waals surface area contributed by atoms with Crippen molar-refractivity contribution in [2.45, 2.75) is 0 Å². The summed E-state index contributed by atoms with van der Waals surface area (Å²) >= 11 is 0. The number of hydrogen-bond acceptors (Lipinski definition) is 1. The van der Waals surface area contributed by atoms with Crippen molar-refractivity contribution in [1.29, 1.82) is 0 Å². The predicted molar refractivity (Wildman–Crippen MR) is 192 cm³/mol. The average molecular weight is 574 g/mol. The van der Waals surface area contributed by atoms with Crippen LogP contribution in [-0.2, 0) is 0 Å². The van der Waals surface area contributed by atoms with Crippen molar-refractivity contribution in [2.24, 2.45) is 0 Å². The molecule has 8 aromatic rings. The van der Waals surface area contributed by atoms with Gasteiger partial charge in [0.15, 0.2) is 0 Å². The van der Waals surface area contributed by atoms with Gasteiger partial charge in [-0.25, -0.2) is 0 Å². The second-order valence-corrected chi connectivity index (χ2v) is 11.4. The molecule has 0 heterocycles. The van der Waals surface area contributed by atoms with E-state index in [1.807, 2.05) is 0 Å². The highest BCUT2D eigenvalue weighted by molar-refractivity contribution is 6.14. The van der Waals surface area contributed by atoms with E-state index in [1.54, 1.807) is 0 Å². The molecule has 0 saturated heterocycles. The molecule has 0 aliphatic rings. The highest BCUT2D eigenvalue weighted by atomic mass is 15.1. The fourth-order valence-electron chi connectivity index (χ4n) is 6.37. The number of hydrogen-bond donors (Lipinski definition) is 0. The Hall–Kier alpha value is -5.92. The summed E-state index contributed by atoms with van der Waals surface area (Å²) in [5, 5.41) is 5.00. The number of para-hydroxylation sites is 1. The van der Waals surface area contributed by atoms with E-state index in [0.29, 0.717) is 0 Å². The van der Waals surface area contributed by atoms with E-state index < -0.39 is 0 Å². The van der Waals surface area contributed by atoms with Crippen LogP contribution in [0.3, 0.4) is 0 Å². The molecule has 45 heavy (non-hydrogen) atoms. The molecule has 0 aliphatic carbocycles. The van der Waals surface area contributed by atoms with Crippen LogP contribution in [0.15, 0.2) is 188 Å². The van der Waals surface area contributed by atoms with Gasteiger partial charge in [0.05, 0.1) is 5.69 Å². The Kier molecular flexibility index (Phi) is 6.90. The van der Waals surface area contributed by atoms with Gasteiger partial charge in [-0.1, -0.05) is 158 Å². The first-order valence-electron chi connectivity index (χ1n) is 15.4. The lowest BCUT2D eigenvalue weighted by molar-refractivity contribution is 1.30. The van der Waals surface area contributed by atoms with Gasteiger partial charge in [-0.05, 0) is 79.9 Å². The molecule has 0 spiro atoms. The zero-order valence-electron chi connectivity index (χ0n) is 24.8. The zero-order valence-corrected chi connectivity index (χ0v) is 24.8. The standard InChI is InChI=1S/C44H31N/c1-3-11-32(12-4-1)33-19-21-34(22-20-33)35-23-25-36(26-24-35)37-27-29-40(30-28-37)45(39-14-5-2-6-15-39)44-31-38-13-7-8-16-41(38)42-17-9-10-18-43(42)44/h1-31H. The molecule has 0 atom stereocenters. The van der Waals surface area contributed by atoms with E-state index in [4.69, 9.17) is 0 Å². The topological polar surface area (TPSA) is 3.24 Å². The Labute approximate surface area is 264 Å². The van der Waals surface area contributed by atoms with Gasteiger partial charge in [-0.2, -0.15) is 0 Å². The SMILES string of the molecule is c1ccc(-c2ccc(-c3ccc(-c4ccc(N(c5ccccc5)c5cc6ccccc6c6ccccc56)cc4)cc3)cc2)cc1. The number of rotatable bonds is 6. The van der Waals surface area contributed by atoms with E-state index in [9.17, 15) is 0 Å². The van der Waals surface area contributed by atoms with Crippen LogP contribution in [0.4, 0.5) is 17.1 Å². The molecule has 8 rings (SSSR count). The third-order valence-electron chi connectivity index (χ3n) is 8.67. The van der Waals surface area contributed by atoms with Gasteiger partial charge in [-0.15, -0.1) is 0 Å². The third-order valence-corrected chi connectivity index (χ3v) is 8.67. The first-order chi connectivity index (χ1) is 22.3. The maximum Gasteiger partial charge on any atom is 0.0546 e. The van der Waals surface area contributed by atoms with E-state index in [2.05, 4.69) is 193 Å². The third kappa shape index (κ3) is 5.15. The molecule has 0 N–H and O–H groups in total. The van der Waals surface area contributed by atoms with Crippen molar-refractivity contribution in [1.82, 2.24) is 0 Å². The molecule has 0 aliphatic heterocycles. The molecular formula is C44H31N. The van der Waals surface area contributed by atoms with Crippen molar-refractivity contribution in [3.8, 4) is 33.4 Å². The zero-order chi connectivity index (χ0) is 30.0.